The van der Waals surface area contributed by atoms with E-state index < -0.39 is 0 Å². The third kappa shape index (κ3) is 4.49. The minimum atomic E-state index is -0.163. The van der Waals surface area contributed by atoms with Gasteiger partial charge < -0.3 is 5.32 Å². The first-order valence-corrected chi connectivity index (χ1v) is 10.9. The normalized spacial score (nSPS) is 11.1. The van der Waals surface area contributed by atoms with Crippen molar-refractivity contribution in [3.63, 3.8) is 0 Å². The fourth-order valence-electron chi connectivity index (χ4n) is 3.78. The second kappa shape index (κ2) is 8.88. The van der Waals surface area contributed by atoms with E-state index in [-0.39, 0.29) is 5.56 Å². The Morgan fingerprint density at radius 1 is 1.00 bits per heavy atom. The molecule has 0 bridgehead atoms. The average molecular weight is 457 g/mol. The van der Waals surface area contributed by atoms with Crippen LogP contribution in [-0.2, 0) is 12.8 Å². The summed E-state index contributed by atoms with van der Waals surface area (Å²) in [5.41, 5.74) is 5.08. The van der Waals surface area contributed by atoms with Gasteiger partial charge in [0.2, 0.25) is 5.95 Å². The Labute approximate surface area is 195 Å². The van der Waals surface area contributed by atoms with Gasteiger partial charge in [0.1, 0.15) is 0 Å². The third-order valence-electron chi connectivity index (χ3n) is 5.46. The highest BCUT2D eigenvalue weighted by Crippen LogP contribution is 2.26. The SMILES string of the molecule is Cc1nc2nc(Nc3cc(Cl)ccc3Cc3cccnc3)[nH]n2c(=O)c1Cc1ccccc1. The molecule has 0 fully saturated rings. The molecule has 5 rings (SSSR count). The molecule has 0 saturated carbocycles. The summed E-state index contributed by atoms with van der Waals surface area (Å²) in [6.07, 6.45) is 4.76. The Morgan fingerprint density at radius 3 is 2.61 bits per heavy atom. The number of hydrogen-bond acceptors (Lipinski definition) is 5. The van der Waals surface area contributed by atoms with Gasteiger partial charge in [-0.2, -0.15) is 9.50 Å². The van der Waals surface area contributed by atoms with Gasteiger partial charge in [0.25, 0.3) is 11.3 Å². The zero-order valence-corrected chi connectivity index (χ0v) is 18.7. The molecule has 0 radical (unpaired) electrons. The highest BCUT2D eigenvalue weighted by molar-refractivity contribution is 6.30. The first kappa shape index (κ1) is 20.9. The fourth-order valence-corrected chi connectivity index (χ4v) is 3.96. The number of nitrogens with one attached hydrogen (secondary N) is 2. The van der Waals surface area contributed by atoms with Crippen molar-refractivity contribution in [2.45, 2.75) is 19.8 Å². The molecule has 0 spiro atoms. The van der Waals surface area contributed by atoms with Gasteiger partial charge >= 0.3 is 0 Å². The molecule has 2 N–H and O–H groups in total. The standard InChI is InChI=1S/C25H21ClN6O/c1-16-21(13-17-6-3-2-4-7-17)23(33)32-25(28-16)30-24(31-32)29-22-14-20(26)10-9-19(22)12-18-8-5-11-27-15-18/h2-11,14-15H,12-13H2,1H3,(H2,28,29,30,31). The van der Waals surface area contributed by atoms with Gasteiger partial charge in [-0.1, -0.05) is 54.1 Å². The Morgan fingerprint density at radius 2 is 1.82 bits per heavy atom. The summed E-state index contributed by atoms with van der Waals surface area (Å²) in [7, 11) is 0. The van der Waals surface area contributed by atoms with Crippen LogP contribution < -0.4 is 10.9 Å². The monoisotopic (exact) mass is 456 g/mol. The number of pyridine rings is 1. The number of aromatic nitrogens is 5. The maximum Gasteiger partial charge on any atom is 0.277 e. The number of rotatable bonds is 6. The molecule has 5 aromatic rings. The maximum absolute atomic E-state index is 13.2. The predicted molar refractivity (Wildman–Crippen MR) is 129 cm³/mol. The van der Waals surface area contributed by atoms with E-state index in [0.717, 1.165) is 22.4 Å². The van der Waals surface area contributed by atoms with E-state index in [1.165, 1.54) is 4.52 Å². The summed E-state index contributed by atoms with van der Waals surface area (Å²) in [5, 5.41) is 6.91. The smallest absolute Gasteiger partial charge is 0.277 e. The minimum Gasteiger partial charge on any atom is -0.324 e. The predicted octanol–water partition coefficient (Wildman–Crippen LogP) is 4.70. The van der Waals surface area contributed by atoms with Crippen LogP contribution in [0.5, 0.6) is 0 Å². The maximum atomic E-state index is 13.2. The molecule has 0 unspecified atom stereocenters. The van der Waals surface area contributed by atoms with E-state index in [9.17, 15) is 4.79 Å². The molecule has 8 heteroatoms. The van der Waals surface area contributed by atoms with Crippen molar-refractivity contribution < 1.29 is 0 Å². The summed E-state index contributed by atoms with van der Waals surface area (Å²) in [4.78, 5) is 26.4. The number of fused-ring (bicyclic) bond motifs is 1. The van der Waals surface area contributed by atoms with Crippen molar-refractivity contribution in [1.29, 1.82) is 0 Å². The van der Waals surface area contributed by atoms with Crippen molar-refractivity contribution in [3.8, 4) is 0 Å². The number of anilines is 2. The zero-order chi connectivity index (χ0) is 22.8. The van der Waals surface area contributed by atoms with Gasteiger partial charge in [-0.05, 0) is 41.8 Å². The minimum absolute atomic E-state index is 0.163. The fraction of sp³-hybridized carbons (Fsp3) is 0.120. The van der Waals surface area contributed by atoms with Crippen LogP contribution in [0.2, 0.25) is 5.02 Å². The van der Waals surface area contributed by atoms with Crippen LogP contribution in [0.4, 0.5) is 11.6 Å². The molecule has 3 heterocycles. The van der Waals surface area contributed by atoms with Crippen LogP contribution in [-0.4, -0.2) is 24.6 Å². The molecule has 0 saturated heterocycles. The van der Waals surface area contributed by atoms with Crippen molar-refractivity contribution in [2.75, 3.05) is 5.32 Å². The van der Waals surface area contributed by atoms with Gasteiger partial charge in [-0.15, -0.1) is 0 Å². The summed E-state index contributed by atoms with van der Waals surface area (Å²) in [6.45, 7) is 1.84. The number of hydrogen-bond donors (Lipinski definition) is 2. The van der Waals surface area contributed by atoms with Gasteiger partial charge in [-0.3, -0.25) is 14.9 Å². The second-order valence-corrected chi connectivity index (χ2v) is 8.25. The van der Waals surface area contributed by atoms with Crippen LogP contribution in [0.3, 0.4) is 0 Å². The first-order valence-electron chi connectivity index (χ1n) is 10.5. The lowest BCUT2D eigenvalue weighted by Gasteiger charge is -2.10. The first-order chi connectivity index (χ1) is 16.1. The average Bonchev–Trinajstić information content (AvgIpc) is 3.22. The number of nitrogens with zero attached hydrogens (tertiary/aromatic N) is 4. The molecule has 0 amide bonds. The highest BCUT2D eigenvalue weighted by Gasteiger charge is 2.15. The quantitative estimate of drug-likeness (QED) is 0.386. The van der Waals surface area contributed by atoms with Crippen LogP contribution in [0.1, 0.15) is 27.9 Å². The van der Waals surface area contributed by atoms with Crippen molar-refractivity contribution in [2.24, 2.45) is 0 Å². The van der Waals surface area contributed by atoms with E-state index >= 15 is 0 Å². The number of aryl methyl sites for hydroxylation is 1. The Bertz CT molecular complexity index is 1480. The van der Waals surface area contributed by atoms with Crippen molar-refractivity contribution in [3.05, 3.63) is 116 Å². The summed E-state index contributed by atoms with van der Waals surface area (Å²) < 4.78 is 1.37. The number of H-pyrrole nitrogens is 1. The Hall–Kier alpha value is -3.97. The van der Waals surface area contributed by atoms with E-state index in [2.05, 4.69) is 25.4 Å². The molecular formula is C25H21ClN6O. The molecular weight excluding hydrogens is 436 g/mol. The molecule has 7 nitrogen and oxygen atoms in total. The van der Waals surface area contributed by atoms with E-state index in [4.69, 9.17) is 11.6 Å². The second-order valence-electron chi connectivity index (χ2n) is 7.82. The topological polar surface area (TPSA) is 88.0 Å². The lowest BCUT2D eigenvalue weighted by atomic mass is 10.0. The molecule has 0 aliphatic carbocycles. The lowest BCUT2D eigenvalue weighted by Crippen LogP contribution is -2.22. The molecule has 0 atom stereocenters. The molecule has 33 heavy (non-hydrogen) atoms. The van der Waals surface area contributed by atoms with Crippen LogP contribution in [0.25, 0.3) is 5.78 Å². The molecule has 0 aliphatic rings. The van der Waals surface area contributed by atoms with Crippen molar-refractivity contribution in [1.82, 2.24) is 24.6 Å². The lowest BCUT2D eigenvalue weighted by molar-refractivity contribution is 0.860. The Kier molecular flexibility index (Phi) is 5.62. The Balaban J connectivity index is 1.49. The molecule has 2 aromatic carbocycles. The summed E-state index contributed by atoms with van der Waals surface area (Å²) in [6, 6.07) is 19.4. The van der Waals surface area contributed by atoms with Crippen LogP contribution in [0.15, 0.2) is 77.9 Å². The largest absolute Gasteiger partial charge is 0.324 e. The third-order valence-corrected chi connectivity index (χ3v) is 5.70. The van der Waals surface area contributed by atoms with Gasteiger partial charge in [-0.25, -0.2) is 4.98 Å². The molecule has 3 aromatic heterocycles. The summed E-state index contributed by atoms with van der Waals surface area (Å²) >= 11 is 6.26. The summed E-state index contributed by atoms with van der Waals surface area (Å²) in [5.74, 6) is 0.721. The zero-order valence-electron chi connectivity index (χ0n) is 17.9. The number of halogens is 1. The van der Waals surface area contributed by atoms with E-state index in [0.29, 0.717) is 40.8 Å². The number of benzene rings is 2. The van der Waals surface area contributed by atoms with Gasteiger partial charge in [0.05, 0.1) is 5.69 Å². The molecule has 164 valence electrons. The molecule has 0 aliphatic heterocycles. The van der Waals surface area contributed by atoms with Crippen LogP contribution in [0, 0.1) is 6.92 Å². The van der Waals surface area contributed by atoms with E-state index in [1.807, 2.05) is 73.8 Å². The van der Waals surface area contributed by atoms with Gasteiger partial charge in [0.15, 0.2) is 0 Å². The van der Waals surface area contributed by atoms with E-state index in [1.54, 1.807) is 6.20 Å². The van der Waals surface area contributed by atoms with Crippen LogP contribution >= 0.6 is 11.6 Å². The van der Waals surface area contributed by atoms with Gasteiger partial charge in [0, 0.05) is 41.5 Å². The highest BCUT2D eigenvalue weighted by atomic mass is 35.5. The number of aromatic amines is 1. The van der Waals surface area contributed by atoms with Crippen molar-refractivity contribution >= 4 is 29.0 Å².